The van der Waals surface area contributed by atoms with Crippen molar-refractivity contribution in [2.75, 3.05) is 25.5 Å². The van der Waals surface area contributed by atoms with Gasteiger partial charge in [-0.15, -0.1) is 0 Å². The molecule has 2 heterocycles. The van der Waals surface area contributed by atoms with Crippen molar-refractivity contribution in [3.05, 3.63) is 57.5 Å². The quantitative estimate of drug-likeness (QED) is 0.899. The fourth-order valence-corrected chi connectivity index (χ4v) is 2.62. The van der Waals surface area contributed by atoms with Gasteiger partial charge in [0.2, 0.25) is 0 Å². The van der Waals surface area contributed by atoms with Gasteiger partial charge in [0.05, 0.1) is 5.69 Å². The van der Waals surface area contributed by atoms with Crippen LogP contribution in [0.5, 0.6) is 0 Å². The third-order valence-electron chi connectivity index (χ3n) is 3.85. The lowest BCUT2D eigenvalue weighted by atomic mass is 10.1. The van der Waals surface area contributed by atoms with Gasteiger partial charge < -0.3 is 9.80 Å². The minimum atomic E-state index is -0.234. The Morgan fingerprint density at radius 2 is 2.14 bits per heavy atom. The molecule has 1 amide bonds. The summed E-state index contributed by atoms with van der Waals surface area (Å²) < 4.78 is 0. The van der Waals surface area contributed by atoms with Crippen LogP contribution in [0.4, 0.5) is 5.69 Å². The smallest absolute Gasteiger partial charge is 0.264 e. The molecule has 0 unspecified atom stereocenters. The predicted molar refractivity (Wildman–Crippen MR) is 84.1 cm³/mol. The number of amides is 1. The Kier molecular flexibility index (Phi) is 3.66. The highest BCUT2D eigenvalue weighted by Gasteiger charge is 2.23. The standard InChI is InChI=1S/C16H18N4O2/c1-19(2)13-5-3-4-11(8-13)16(22)20-7-6-14-12(10-20)9-15(21)18-17-14/h3-5,8-9H,6-7,10H2,1-2H3,(H,18,21). The van der Waals surface area contributed by atoms with Crippen molar-refractivity contribution < 1.29 is 4.79 Å². The van der Waals surface area contributed by atoms with E-state index in [-0.39, 0.29) is 11.5 Å². The molecule has 2 aromatic rings. The van der Waals surface area contributed by atoms with Crippen molar-refractivity contribution in [1.29, 1.82) is 0 Å². The molecule has 114 valence electrons. The number of anilines is 1. The van der Waals surface area contributed by atoms with E-state index in [1.54, 1.807) is 4.90 Å². The van der Waals surface area contributed by atoms with Crippen molar-refractivity contribution in [3.8, 4) is 0 Å². The van der Waals surface area contributed by atoms with E-state index in [4.69, 9.17) is 0 Å². The van der Waals surface area contributed by atoms with Crippen molar-refractivity contribution in [3.63, 3.8) is 0 Å². The lowest BCUT2D eigenvalue weighted by Gasteiger charge is -2.28. The molecule has 0 aliphatic carbocycles. The molecular formula is C16H18N4O2. The number of hydrogen-bond donors (Lipinski definition) is 1. The van der Waals surface area contributed by atoms with E-state index < -0.39 is 0 Å². The summed E-state index contributed by atoms with van der Waals surface area (Å²) in [6.07, 6.45) is 0.658. The Bertz CT molecular complexity index is 767. The van der Waals surface area contributed by atoms with Crippen molar-refractivity contribution in [2.24, 2.45) is 0 Å². The summed E-state index contributed by atoms with van der Waals surface area (Å²) in [6.45, 7) is 1.04. The normalized spacial score (nSPS) is 13.6. The summed E-state index contributed by atoms with van der Waals surface area (Å²) in [6, 6.07) is 9.07. The van der Waals surface area contributed by atoms with Gasteiger partial charge in [0, 0.05) is 56.5 Å². The van der Waals surface area contributed by atoms with Gasteiger partial charge in [0.15, 0.2) is 0 Å². The third kappa shape index (κ3) is 2.72. The SMILES string of the molecule is CN(C)c1cccc(C(=O)N2CCc3n[nH]c(=O)cc3C2)c1. The van der Waals surface area contributed by atoms with Gasteiger partial charge in [-0.3, -0.25) is 9.59 Å². The molecule has 1 aliphatic heterocycles. The molecule has 0 bridgehead atoms. The lowest BCUT2D eigenvalue weighted by molar-refractivity contribution is 0.0733. The summed E-state index contributed by atoms with van der Waals surface area (Å²) in [5, 5.41) is 6.48. The number of carbonyl (C=O) groups is 1. The second-order valence-electron chi connectivity index (χ2n) is 5.63. The zero-order valence-electron chi connectivity index (χ0n) is 12.7. The van der Waals surface area contributed by atoms with E-state index in [2.05, 4.69) is 10.2 Å². The van der Waals surface area contributed by atoms with Crippen LogP contribution >= 0.6 is 0 Å². The van der Waals surface area contributed by atoms with E-state index in [1.165, 1.54) is 6.07 Å². The van der Waals surface area contributed by atoms with Crippen LogP contribution in [-0.4, -0.2) is 41.6 Å². The van der Waals surface area contributed by atoms with Crippen LogP contribution in [0.3, 0.4) is 0 Å². The van der Waals surface area contributed by atoms with E-state index in [0.29, 0.717) is 25.1 Å². The van der Waals surface area contributed by atoms with E-state index >= 15 is 0 Å². The van der Waals surface area contributed by atoms with Gasteiger partial charge in [0.25, 0.3) is 11.5 Å². The molecule has 1 aromatic carbocycles. The fourth-order valence-electron chi connectivity index (χ4n) is 2.62. The van der Waals surface area contributed by atoms with Gasteiger partial charge in [-0.05, 0) is 18.2 Å². The summed E-state index contributed by atoms with van der Waals surface area (Å²) in [7, 11) is 3.89. The molecular weight excluding hydrogens is 280 g/mol. The first kappa shape index (κ1) is 14.3. The number of nitrogens with zero attached hydrogens (tertiary/aromatic N) is 3. The second-order valence-corrected chi connectivity index (χ2v) is 5.63. The molecule has 0 saturated heterocycles. The molecule has 0 fully saturated rings. The highest BCUT2D eigenvalue weighted by atomic mass is 16.2. The first-order valence-corrected chi connectivity index (χ1v) is 7.19. The van der Waals surface area contributed by atoms with Crippen LogP contribution in [0.1, 0.15) is 21.6 Å². The number of rotatable bonds is 2. The molecule has 3 rings (SSSR count). The van der Waals surface area contributed by atoms with Crippen molar-refractivity contribution >= 4 is 11.6 Å². The maximum Gasteiger partial charge on any atom is 0.264 e. The average Bonchev–Trinajstić information content (AvgIpc) is 2.53. The lowest BCUT2D eigenvalue weighted by Crippen LogP contribution is -2.37. The molecule has 0 saturated carbocycles. The number of hydrogen-bond acceptors (Lipinski definition) is 4. The number of benzene rings is 1. The molecule has 0 spiro atoms. The first-order chi connectivity index (χ1) is 10.5. The molecule has 22 heavy (non-hydrogen) atoms. The van der Waals surface area contributed by atoms with Crippen LogP contribution in [0, 0.1) is 0 Å². The Morgan fingerprint density at radius 3 is 2.91 bits per heavy atom. The van der Waals surface area contributed by atoms with Gasteiger partial charge in [-0.1, -0.05) is 6.07 Å². The first-order valence-electron chi connectivity index (χ1n) is 7.19. The van der Waals surface area contributed by atoms with Gasteiger partial charge in [-0.25, -0.2) is 5.10 Å². The number of fused-ring (bicyclic) bond motifs is 1. The second kappa shape index (κ2) is 5.63. The molecule has 6 nitrogen and oxygen atoms in total. The molecule has 1 aromatic heterocycles. The highest BCUT2D eigenvalue weighted by molar-refractivity contribution is 5.95. The van der Waals surface area contributed by atoms with E-state index in [1.807, 2.05) is 43.3 Å². The Morgan fingerprint density at radius 1 is 1.32 bits per heavy atom. The van der Waals surface area contributed by atoms with Crippen LogP contribution in [-0.2, 0) is 13.0 Å². The average molecular weight is 298 g/mol. The minimum Gasteiger partial charge on any atom is -0.378 e. The summed E-state index contributed by atoms with van der Waals surface area (Å²) in [5.74, 6) is -0.0189. The Hall–Kier alpha value is -2.63. The zero-order chi connectivity index (χ0) is 15.7. The largest absolute Gasteiger partial charge is 0.378 e. The summed E-state index contributed by atoms with van der Waals surface area (Å²) in [5.41, 5.74) is 3.11. The van der Waals surface area contributed by atoms with E-state index in [9.17, 15) is 9.59 Å². The highest BCUT2D eigenvalue weighted by Crippen LogP contribution is 2.19. The van der Waals surface area contributed by atoms with E-state index in [0.717, 1.165) is 16.9 Å². The topological polar surface area (TPSA) is 69.3 Å². The number of aromatic nitrogens is 2. The summed E-state index contributed by atoms with van der Waals surface area (Å²) in [4.78, 5) is 27.8. The maximum atomic E-state index is 12.7. The van der Waals surface area contributed by atoms with Gasteiger partial charge in [-0.2, -0.15) is 5.10 Å². The number of aromatic amines is 1. The number of H-pyrrole nitrogens is 1. The Labute approximate surface area is 128 Å². The van der Waals surface area contributed by atoms with Crippen LogP contribution in [0.25, 0.3) is 0 Å². The third-order valence-corrected chi connectivity index (χ3v) is 3.85. The fraction of sp³-hybridized carbons (Fsp3) is 0.312. The monoisotopic (exact) mass is 298 g/mol. The number of carbonyl (C=O) groups excluding carboxylic acids is 1. The summed E-state index contributed by atoms with van der Waals surface area (Å²) >= 11 is 0. The predicted octanol–water partition coefficient (Wildman–Crippen LogP) is 1.03. The van der Waals surface area contributed by atoms with Crippen LogP contribution < -0.4 is 10.5 Å². The van der Waals surface area contributed by atoms with Crippen molar-refractivity contribution in [1.82, 2.24) is 15.1 Å². The molecule has 1 aliphatic rings. The maximum absolute atomic E-state index is 12.7. The van der Waals surface area contributed by atoms with Crippen LogP contribution in [0.2, 0.25) is 0 Å². The minimum absolute atomic E-state index is 0.0189. The molecule has 0 radical (unpaired) electrons. The molecule has 0 atom stereocenters. The molecule has 1 N–H and O–H groups in total. The molecule has 6 heteroatoms. The zero-order valence-corrected chi connectivity index (χ0v) is 12.7. The van der Waals surface area contributed by atoms with Gasteiger partial charge in [0.1, 0.15) is 0 Å². The van der Waals surface area contributed by atoms with Crippen molar-refractivity contribution in [2.45, 2.75) is 13.0 Å². The van der Waals surface area contributed by atoms with Crippen LogP contribution in [0.15, 0.2) is 35.1 Å². The number of nitrogens with one attached hydrogen (secondary N) is 1. The van der Waals surface area contributed by atoms with Gasteiger partial charge >= 0.3 is 0 Å². The Balaban J connectivity index is 1.85.